The lowest BCUT2D eigenvalue weighted by atomic mass is 10.1. The summed E-state index contributed by atoms with van der Waals surface area (Å²) < 4.78 is 9.95. The van der Waals surface area contributed by atoms with Crippen LogP contribution >= 0.6 is 11.6 Å². The minimum atomic E-state index is -0.521. The second-order valence-corrected chi connectivity index (χ2v) is 5.26. The summed E-state index contributed by atoms with van der Waals surface area (Å²) in [5, 5.41) is 25.5. The summed E-state index contributed by atoms with van der Waals surface area (Å²) >= 11 is 6.07. The molecular formula is C14H10ClN7O4. The number of nitrogens with zero attached hydrogens (tertiary/aromatic N) is 5. The molecule has 12 heteroatoms. The maximum atomic E-state index is 10.9. The standard InChI is InChI=1S/C14H10ClN7O4/c15-10-3-1-7(22(23)24)5-9(10)11-4-2-8(25-11)6-18-19-13(16)12-14(17)21-26-20-12/h1-6H,(H2,16,19)(H2,17,21). The van der Waals surface area contributed by atoms with Gasteiger partial charge >= 0.3 is 0 Å². The van der Waals surface area contributed by atoms with E-state index in [-0.39, 0.29) is 23.0 Å². The number of nitrogen functional groups attached to an aromatic ring is 1. The fourth-order valence-electron chi connectivity index (χ4n) is 1.95. The van der Waals surface area contributed by atoms with Crippen molar-refractivity contribution in [1.82, 2.24) is 10.3 Å². The van der Waals surface area contributed by atoms with E-state index in [0.717, 1.165) is 0 Å². The molecule has 0 atom stereocenters. The number of non-ortho nitro benzene ring substituents is 1. The Morgan fingerprint density at radius 1 is 1.31 bits per heavy atom. The first-order chi connectivity index (χ1) is 12.5. The van der Waals surface area contributed by atoms with Crippen molar-refractivity contribution in [2.75, 3.05) is 5.73 Å². The number of nitro benzene ring substituents is 1. The van der Waals surface area contributed by atoms with Crippen LogP contribution in [-0.4, -0.2) is 27.3 Å². The number of anilines is 1. The van der Waals surface area contributed by atoms with E-state index in [1.165, 1.54) is 24.4 Å². The Morgan fingerprint density at radius 2 is 2.12 bits per heavy atom. The average Bonchev–Trinajstić information content (AvgIpc) is 3.24. The first kappa shape index (κ1) is 17.1. The van der Waals surface area contributed by atoms with Crippen molar-refractivity contribution in [1.29, 1.82) is 0 Å². The van der Waals surface area contributed by atoms with Gasteiger partial charge in [0.05, 0.1) is 16.2 Å². The van der Waals surface area contributed by atoms with Gasteiger partial charge in [-0.3, -0.25) is 10.1 Å². The minimum Gasteiger partial charge on any atom is -0.455 e. The van der Waals surface area contributed by atoms with E-state index in [2.05, 4.69) is 25.1 Å². The van der Waals surface area contributed by atoms with Crippen LogP contribution in [-0.2, 0) is 0 Å². The number of furan rings is 1. The Morgan fingerprint density at radius 3 is 2.81 bits per heavy atom. The number of hydrogen-bond donors (Lipinski definition) is 2. The third kappa shape index (κ3) is 3.52. The molecule has 0 aliphatic rings. The van der Waals surface area contributed by atoms with Crippen LogP contribution in [0.4, 0.5) is 11.5 Å². The molecule has 3 rings (SSSR count). The van der Waals surface area contributed by atoms with Crippen molar-refractivity contribution in [3.63, 3.8) is 0 Å². The highest BCUT2D eigenvalue weighted by molar-refractivity contribution is 6.33. The largest absolute Gasteiger partial charge is 0.455 e. The van der Waals surface area contributed by atoms with Gasteiger partial charge in [0.15, 0.2) is 17.3 Å². The smallest absolute Gasteiger partial charge is 0.270 e. The van der Waals surface area contributed by atoms with E-state index >= 15 is 0 Å². The highest BCUT2D eigenvalue weighted by Crippen LogP contribution is 2.32. The molecule has 0 radical (unpaired) electrons. The monoisotopic (exact) mass is 375 g/mol. The summed E-state index contributed by atoms with van der Waals surface area (Å²) in [6.45, 7) is 0. The number of amidine groups is 1. The van der Waals surface area contributed by atoms with Crippen LogP contribution < -0.4 is 11.5 Å². The summed E-state index contributed by atoms with van der Waals surface area (Å²) in [6, 6.07) is 7.23. The molecule has 0 amide bonds. The Kier molecular flexibility index (Phi) is 4.62. The van der Waals surface area contributed by atoms with Crippen LogP contribution in [0.2, 0.25) is 5.02 Å². The Hall–Kier alpha value is -3.73. The third-order valence-corrected chi connectivity index (χ3v) is 3.49. The lowest BCUT2D eigenvalue weighted by Crippen LogP contribution is -2.15. The molecule has 0 spiro atoms. The number of aromatic nitrogens is 2. The number of benzene rings is 1. The van der Waals surface area contributed by atoms with Gasteiger partial charge in [-0.2, -0.15) is 5.10 Å². The first-order valence-corrected chi connectivity index (χ1v) is 7.32. The first-order valence-electron chi connectivity index (χ1n) is 6.94. The lowest BCUT2D eigenvalue weighted by Gasteiger charge is -2.00. The Labute approximate surface area is 150 Å². The van der Waals surface area contributed by atoms with E-state index in [9.17, 15) is 10.1 Å². The molecule has 0 saturated carbocycles. The molecule has 0 fully saturated rings. The second-order valence-electron chi connectivity index (χ2n) is 4.85. The molecule has 0 unspecified atom stereocenters. The zero-order valence-electron chi connectivity index (χ0n) is 12.9. The van der Waals surface area contributed by atoms with Gasteiger partial charge in [-0.15, -0.1) is 5.10 Å². The van der Waals surface area contributed by atoms with Crippen LogP contribution in [0.1, 0.15) is 11.5 Å². The van der Waals surface area contributed by atoms with E-state index in [1.54, 1.807) is 12.1 Å². The molecule has 132 valence electrons. The molecule has 0 bridgehead atoms. The van der Waals surface area contributed by atoms with Gasteiger partial charge in [0.25, 0.3) is 5.69 Å². The van der Waals surface area contributed by atoms with E-state index in [4.69, 9.17) is 27.5 Å². The third-order valence-electron chi connectivity index (χ3n) is 3.16. The van der Waals surface area contributed by atoms with Crippen LogP contribution in [0.15, 0.2) is 49.6 Å². The van der Waals surface area contributed by atoms with Crippen molar-refractivity contribution in [3.05, 3.63) is 56.9 Å². The molecule has 0 aliphatic heterocycles. The van der Waals surface area contributed by atoms with Crippen LogP contribution in [0.5, 0.6) is 0 Å². The SMILES string of the molecule is NC(=NN=Cc1ccc(-c2cc([N+](=O)[O-])ccc2Cl)o1)c1nonc1N. The summed E-state index contributed by atoms with van der Waals surface area (Å²) in [6.07, 6.45) is 1.28. The van der Waals surface area contributed by atoms with Crippen molar-refractivity contribution in [2.45, 2.75) is 0 Å². The molecule has 26 heavy (non-hydrogen) atoms. The summed E-state index contributed by atoms with van der Waals surface area (Å²) in [4.78, 5) is 10.4. The van der Waals surface area contributed by atoms with Gasteiger partial charge in [-0.05, 0) is 28.5 Å². The second kappa shape index (κ2) is 7.03. The molecule has 11 nitrogen and oxygen atoms in total. The molecule has 2 heterocycles. The summed E-state index contributed by atoms with van der Waals surface area (Å²) in [5.74, 6) is 0.558. The van der Waals surface area contributed by atoms with Crippen molar-refractivity contribution < 1.29 is 14.0 Å². The van der Waals surface area contributed by atoms with Crippen LogP contribution in [0, 0.1) is 10.1 Å². The zero-order chi connectivity index (χ0) is 18.7. The van der Waals surface area contributed by atoms with E-state index in [1.807, 2.05) is 0 Å². The molecule has 1 aromatic carbocycles. The van der Waals surface area contributed by atoms with Crippen molar-refractivity contribution in [3.8, 4) is 11.3 Å². The maximum absolute atomic E-state index is 10.9. The fourth-order valence-corrected chi connectivity index (χ4v) is 2.16. The Balaban J connectivity index is 1.81. The molecule has 2 aromatic heterocycles. The van der Waals surface area contributed by atoms with Crippen LogP contribution in [0.25, 0.3) is 11.3 Å². The molecule has 0 saturated heterocycles. The normalized spacial score (nSPS) is 12.0. The van der Waals surface area contributed by atoms with Gasteiger partial charge in [-0.25, -0.2) is 4.63 Å². The van der Waals surface area contributed by atoms with E-state index in [0.29, 0.717) is 22.1 Å². The molecule has 4 N–H and O–H groups in total. The van der Waals surface area contributed by atoms with Crippen molar-refractivity contribution >= 4 is 35.2 Å². The molecule has 0 aliphatic carbocycles. The van der Waals surface area contributed by atoms with Crippen LogP contribution in [0.3, 0.4) is 0 Å². The predicted octanol–water partition coefficient (Wildman–Crippen LogP) is 2.21. The van der Waals surface area contributed by atoms with E-state index < -0.39 is 4.92 Å². The van der Waals surface area contributed by atoms with Gasteiger partial charge in [0.2, 0.25) is 0 Å². The van der Waals surface area contributed by atoms with Crippen molar-refractivity contribution in [2.24, 2.45) is 15.9 Å². The van der Waals surface area contributed by atoms with Gasteiger partial charge in [0.1, 0.15) is 11.5 Å². The number of hydrogen-bond acceptors (Lipinski definition) is 9. The van der Waals surface area contributed by atoms with Gasteiger partial charge < -0.3 is 15.9 Å². The predicted molar refractivity (Wildman–Crippen MR) is 92.8 cm³/mol. The fraction of sp³-hybridized carbons (Fsp3) is 0. The zero-order valence-corrected chi connectivity index (χ0v) is 13.6. The average molecular weight is 376 g/mol. The maximum Gasteiger partial charge on any atom is 0.270 e. The number of nitrogens with two attached hydrogens (primary N) is 2. The minimum absolute atomic E-state index is 0.0120. The highest BCUT2D eigenvalue weighted by atomic mass is 35.5. The molecule has 3 aromatic rings. The van der Waals surface area contributed by atoms with Gasteiger partial charge in [0, 0.05) is 17.7 Å². The highest BCUT2D eigenvalue weighted by Gasteiger charge is 2.14. The number of nitro groups is 1. The molecular weight excluding hydrogens is 366 g/mol. The number of halogens is 1. The summed E-state index contributed by atoms with van der Waals surface area (Å²) in [5.41, 5.74) is 11.5. The number of rotatable bonds is 5. The quantitative estimate of drug-likeness (QED) is 0.295. The topological polar surface area (TPSA) is 172 Å². The lowest BCUT2D eigenvalue weighted by molar-refractivity contribution is -0.384. The summed E-state index contributed by atoms with van der Waals surface area (Å²) in [7, 11) is 0. The van der Waals surface area contributed by atoms with Gasteiger partial charge in [-0.1, -0.05) is 11.6 Å². The Bertz CT molecular complexity index is 1020.